The highest BCUT2D eigenvalue weighted by Crippen LogP contribution is 2.32. The highest BCUT2D eigenvalue weighted by atomic mass is 35.5. The molecule has 4 nitrogen and oxygen atoms in total. The Labute approximate surface area is 165 Å². The first-order valence-electron chi connectivity index (χ1n) is 8.96. The minimum Gasteiger partial charge on any atom is -0.479 e. The van der Waals surface area contributed by atoms with Gasteiger partial charge in [0.1, 0.15) is 5.75 Å². The number of ketones is 1. The second-order valence-electron chi connectivity index (χ2n) is 5.91. The van der Waals surface area contributed by atoms with Crippen LogP contribution in [0.2, 0.25) is 10.0 Å². The van der Waals surface area contributed by atoms with Crippen LogP contribution in [0.3, 0.4) is 0 Å². The monoisotopic (exact) mass is 400 g/mol. The topological polar surface area (TPSA) is 63.6 Å². The summed E-state index contributed by atoms with van der Waals surface area (Å²) in [6.45, 7) is 5.37. The lowest BCUT2D eigenvalue weighted by molar-refractivity contribution is -0.145. The Hall–Kier alpha value is -1.52. The molecular formula is C20H26Cl2O4. The van der Waals surface area contributed by atoms with Crippen LogP contribution in [-0.4, -0.2) is 23.0 Å². The van der Waals surface area contributed by atoms with Crippen molar-refractivity contribution in [1.29, 1.82) is 0 Å². The molecule has 26 heavy (non-hydrogen) atoms. The Morgan fingerprint density at radius 3 is 2.38 bits per heavy atom. The molecule has 0 amide bonds. The Bertz CT molecular complexity index is 668. The Morgan fingerprint density at radius 1 is 1.19 bits per heavy atom. The molecule has 1 unspecified atom stereocenters. The number of allylic oxidation sites excluding steroid dienone is 2. The summed E-state index contributed by atoms with van der Waals surface area (Å²) >= 11 is 11.9. The average molecular weight is 401 g/mol. The minimum atomic E-state index is -1.06. The van der Waals surface area contributed by atoms with Gasteiger partial charge in [0.05, 0.1) is 15.6 Å². The van der Waals surface area contributed by atoms with Crippen LogP contribution >= 0.6 is 23.2 Å². The second kappa shape index (κ2) is 11.2. The van der Waals surface area contributed by atoms with E-state index in [9.17, 15) is 14.7 Å². The third-order valence-electron chi connectivity index (χ3n) is 4.06. The normalized spacial score (nSPS) is 14.6. The number of carbonyl (C=O) groups excluding carboxylic acids is 1. The smallest absolute Gasteiger partial charge is 0.344 e. The van der Waals surface area contributed by atoms with Crippen molar-refractivity contribution in [3.05, 3.63) is 39.4 Å². The first-order chi connectivity index (χ1) is 12.4. The minimum absolute atomic E-state index is 0.155. The largest absolute Gasteiger partial charge is 0.479 e. The van der Waals surface area contributed by atoms with Crippen molar-refractivity contribution in [2.75, 3.05) is 0 Å². The molecule has 0 heterocycles. The summed E-state index contributed by atoms with van der Waals surface area (Å²) in [6.07, 6.45) is 6.56. The number of hydrogen-bond donors (Lipinski definition) is 1. The number of carbonyl (C=O) groups is 2. The van der Waals surface area contributed by atoms with E-state index in [0.717, 1.165) is 19.3 Å². The van der Waals surface area contributed by atoms with Crippen LogP contribution in [0.4, 0.5) is 0 Å². The fourth-order valence-corrected chi connectivity index (χ4v) is 3.05. The molecule has 144 valence electrons. The fraction of sp³-hybridized carbons (Fsp3) is 0.500. The molecule has 1 aliphatic carbocycles. The van der Waals surface area contributed by atoms with E-state index in [1.54, 1.807) is 0 Å². The third-order valence-corrected chi connectivity index (χ3v) is 4.78. The molecule has 1 atom stereocenters. The van der Waals surface area contributed by atoms with E-state index in [0.29, 0.717) is 12.8 Å². The molecule has 1 aromatic carbocycles. The van der Waals surface area contributed by atoms with Crippen LogP contribution < -0.4 is 4.74 Å². The van der Waals surface area contributed by atoms with Crippen LogP contribution in [0.5, 0.6) is 5.75 Å². The lowest BCUT2D eigenvalue weighted by Crippen LogP contribution is -2.27. The number of halogens is 2. The van der Waals surface area contributed by atoms with E-state index < -0.39 is 12.1 Å². The Balaban J connectivity index is 0.00000163. The molecule has 0 radical (unpaired) electrons. The predicted octanol–water partition coefficient (Wildman–Crippen LogP) is 6.33. The first-order valence-corrected chi connectivity index (χ1v) is 9.71. The van der Waals surface area contributed by atoms with Gasteiger partial charge in [-0.25, -0.2) is 4.79 Å². The van der Waals surface area contributed by atoms with E-state index in [1.807, 2.05) is 13.8 Å². The molecule has 0 aromatic heterocycles. The van der Waals surface area contributed by atoms with E-state index in [2.05, 4.69) is 6.08 Å². The maximum Gasteiger partial charge on any atom is 0.344 e. The number of benzene rings is 1. The van der Waals surface area contributed by atoms with Gasteiger partial charge in [0.15, 0.2) is 11.9 Å². The van der Waals surface area contributed by atoms with Gasteiger partial charge in [-0.3, -0.25) is 4.79 Å². The van der Waals surface area contributed by atoms with E-state index >= 15 is 0 Å². The number of hydrogen-bond acceptors (Lipinski definition) is 3. The number of carboxylic acids is 1. The van der Waals surface area contributed by atoms with Gasteiger partial charge < -0.3 is 9.84 Å². The molecule has 0 saturated heterocycles. The Morgan fingerprint density at radius 2 is 1.85 bits per heavy atom. The van der Waals surface area contributed by atoms with Gasteiger partial charge >= 0.3 is 5.97 Å². The summed E-state index contributed by atoms with van der Waals surface area (Å²) in [4.78, 5) is 23.3. The van der Waals surface area contributed by atoms with Crippen LogP contribution in [0, 0.1) is 0 Å². The molecule has 1 N–H and O–H groups in total. The lowest BCUT2D eigenvalue weighted by Gasteiger charge is -2.19. The highest BCUT2D eigenvalue weighted by Gasteiger charge is 2.23. The zero-order valence-corrected chi connectivity index (χ0v) is 17.0. The van der Waals surface area contributed by atoms with Gasteiger partial charge in [0, 0.05) is 6.07 Å². The van der Waals surface area contributed by atoms with Crippen LogP contribution in [-0.2, 0) is 4.79 Å². The van der Waals surface area contributed by atoms with Crippen molar-refractivity contribution >= 4 is 35.0 Å². The van der Waals surface area contributed by atoms with Crippen LogP contribution in [0.15, 0.2) is 23.8 Å². The molecule has 0 spiro atoms. The number of ether oxygens (including phenoxy) is 1. The Kier molecular flexibility index (Phi) is 9.74. The quantitative estimate of drug-likeness (QED) is 0.428. The summed E-state index contributed by atoms with van der Waals surface area (Å²) in [5, 5.41) is 9.88. The van der Waals surface area contributed by atoms with E-state index in [-0.39, 0.29) is 27.1 Å². The predicted molar refractivity (Wildman–Crippen MR) is 106 cm³/mol. The van der Waals surface area contributed by atoms with Crippen molar-refractivity contribution in [2.45, 2.75) is 65.4 Å². The molecule has 0 fully saturated rings. The van der Waals surface area contributed by atoms with Gasteiger partial charge in [0.25, 0.3) is 0 Å². The van der Waals surface area contributed by atoms with Crippen molar-refractivity contribution in [2.24, 2.45) is 0 Å². The lowest BCUT2D eigenvalue weighted by atomic mass is 9.95. The van der Waals surface area contributed by atoms with E-state index in [1.165, 1.54) is 31.1 Å². The van der Waals surface area contributed by atoms with Gasteiger partial charge in [0.2, 0.25) is 0 Å². The molecule has 0 aliphatic heterocycles. The molecule has 1 aliphatic rings. The van der Waals surface area contributed by atoms with Crippen molar-refractivity contribution in [3.8, 4) is 5.75 Å². The standard InChI is InChI=1S/C18H20Cl2O4.C2H6/c1-11(21)13-9-14(19)15(20)10-17(13)24-16(18(22)23)8-7-12-5-3-2-4-6-12;1-2/h5,9-10,16H,2-4,6-8H2,1H3,(H,22,23);1-2H3. The zero-order chi connectivity index (χ0) is 19.7. The molecule has 2 rings (SSSR count). The average Bonchev–Trinajstić information content (AvgIpc) is 2.63. The molecule has 0 bridgehead atoms. The molecule has 1 aromatic rings. The van der Waals surface area contributed by atoms with Gasteiger partial charge in [-0.15, -0.1) is 0 Å². The third kappa shape index (κ3) is 6.65. The van der Waals surface area contributed by atoms with Gasteiger partial charge in [-0.2, -0.15) is 0 Å². The first kappa shape index (κ1) is 22.5. The zero-order valence-electron chi connectivity index (χ0n) is 15.5. The molecule has 0 saturated carbocycles. The maximum absolute atomic E-state index is 11.7. The summed E-state index contributed by atoms with van der Waals surface area (Å²) in [6, 6.07) is 2.81. The van der Waals surface area contributed by atoms with Crippen LogP contribution in [0.1, 0.15) is 69.7 Å². The van der Waals surface area contributed by atoms with Gasteiger partial charge in [-0.1, -0.05) is 48.7 Å². The second-order valence-corrected chi connectivity index (χ2v) is 6.72. The number of rotatable bonds is 7. The van der Waals surface area contributed by atoms with Crippen LogP contribution in [0.25, 0.3) is 0 Å². The van der Waals surface area contributed by atoms with E-state index in [4.69, 9.17) is 27.9 Å². The van der Waals surface area contributed by atoms with Crippen molar-refractivity contribution < 1.29 is 19.4 Å². The summed E-state index contributed by atoms with van der Waals surface area (Å²) < 4.78 is 5.60. The molecule has 6 heteroatoms. The van der Waals surface area contributed by atoms with Crippen molar-refractivity contribution in [3.63, 3.8) is 0 Å². The summed E-state index contributed by atoms with van der Waals surface area (Å²) in [7, 11) is 0. The SMILES string of the molecule is CC.CC(=O)c1cc(Cl)c(Cl)cc1OC(CCC1=CCCCC1)C(=O)O. The van der Waals surface area contributed by atoms with Crippen molar-refractivity contribution in [1.82, 2.24) is 0 Å². The maximum atomic E-state index is 11.7. The number of Topliss-reactive ketones (excluding diaryl/α,β-unsaturated/α-hetero) is 1. The summed E-state index contributed by atoms with van der Waals surface area (Å²) in [5.74, 6) is -1.17. The fourth-order valence-electron chi connectivity index (χ4n) is 2.74. The highest BCUT2D eigenvalue weighted by molar-refractivity contribution is 6.42. The summed E-state index contributed by atoms with van der Waals surface area (Å²) in [5.41, 5.74) is 1.50. The molecular weight excluding hydrogens is 375 g/mol. The van der Waals surface area contributed by atoms with Gasteiger partial charge in [-0.05, 0) is 51.5 Å². The number of carboxylic acid groups (broad SMARTS) is 1. The number of aliphatic carboxylic acids is 1.